The third kappa shape index (κ3) is 3.84. The van der Waals surface area contributed by atoms with Gasteiger partial charge in [0, 0.05) is 0 Å². The summed E-state index contributed by atoms with van der Waals surface area (Å²) >= 11 is 0.682. The van der Waals surface area contributed by atoms with E-state index in [0.29, 0.717) is 40.3 Å². The van der Waals surface area contributed by atoms with Gasteiger partial charge >= 0.3 is 0 Å². The summed E-state index contributed by atoms with van der Waals surface area (Å²) in [5, 5.41) is 9.94. The number of methoxy groups -OCH3 is 1. The van der Waals surface area contributed by atoms with Crippen LogP contribution in [0.2, 0.25) is 0 Å². The predicted octanol–water partition coefficient (Wildman–Crippen LogP) is 0.880. The Balaban J connectivity index is 2.26. The number of hydrogen-bond acceptors (Lipinski definition) is 7. The molecule has 0 atom stereocenters. The molecule has 1 aromatic rings. The van der Waals surface area contributed by atoms with Crippen LogP contribution in [0.25, 0.3) is 6.08 Å². The minimum Gasteiger partial charge on any atom is -0.548 e. The molecule has 0 unspecified atom stereocenters. The molecule has 8 heteroatoms. The molecule has 1 saturated heterocycles. The number of nitrogens with zero attached hydrogens (tertiary/aromatic N) is 1. The van der Waals surface area contributed by atoms with E-state index in [9.17, 15) is 19.5 Å². The zero-order valence-electron chi connectivity index (χ0n) is 12.5. The molecule has 1 aliphatic rings. The summed E-state index contributed by atoms with van der Waals surface area (Å²) < 4.78 is 10.6. The number of ether oxygens (including phenoxy) is 2. The Morgan fingerprint density at radius 1 is 1.35 bits per heavy atom. The lowest BCUT2D eigenvalue weighted by Crippen LogP contribution is -2.40. The maximum atomic E-state index is 12.0. The van der Waals surface area contributed by atoms with Crippen LogP contribution in [0.1, 0.15) is 12.5 Å². The first-order valence-electron chi connectivity index (χ1n) is 6.72. The van der Waals surface area contributed by atoms with Crippen molar-refractivity contribution in [3.8, 4) is 11.5 Å². The van der Waals surface area contributed by atoms with Crippen LogP contribution in [-0.4, -0.2) is 42.3 Å². The average Bonchev–Trinajstić information content (AvgIpc) is 2.76. The van der Waals surface area contributed by atoms with Crippen LogP contribution in [0.4, 0.5) is 4.79 Å². The number of benzene rings is 1. The normalized spacial score (nSPS) is 16.1. The van der Waals surface area contributed by atoms with Gasteiger partial charge in [-0.25, -0.2) is 0 Å². The smallest absolute Gasteiger partial charge is 0.293 e. The minimum atomic E-state index is -1.49. The zero-order chi connectivity index (χ0) is 17.0. The summed E-state index contributed by atoms with van der Waals surface area (Å²) in [5.74, 6) is -1.08. The minimum absolute atomic E-state index is 0.141. The van der Waals surface area contributed by atoms with Crippen LogP contribution in [0.5, 0.6) is 11.5 Å². The molecular weight excluding hydrogens is 322 g/mol. The molecule has 0 aromatic heterocycles. The van der Waals surface area contributed by atoms with Crippen molar-refractivity contribution in [1.29, 1.82) is 0 Å². The average molecular weight is 336 g/mol. The monoisotopic (exact) mass is 336 g/mol. The molecule has 7 nitrogen and oxygen atoms in total. The third-order valence-corrected chi connectivity index (χ3v) is 3.85. The quantitative estimate of drug-likeness (QED) is 0.711. The Morgan fingerprint density at radius 3 is 2.70 bits per heavy atom. The summed E-state index contributed by atoms with van der Waals surface area (Å²) in [4.78, 5) is 35.1. The summed E-state index contributed by atoms with van der Waals surface area (Å²) in [5.41, 5.74) is 0.629. The molecule has 1 heterocycles. The number of thioether (sulfide) groups is 1. The fourth-order valence-electron chi connectivity index (χ4n) is 1.97. The lowest BCUT2D eigenvalue weighted by molar-refractivity contribution is -0.305. The van der Waals surface area contributed by atoms with Crippen LogP contribution in [0.3, 0.4) is 0 Å². The second-order valence-electron chi connectivity index (χ2n) is 4.48. The van der Waals surface area contributed by atoms with Gasteiger partial charge in [0.05, 0.1) is 31.1 Å². The van der Waals surface area contributed by atoms with Gasteiger partial charge in [0.15, 0.2) is 11.5 Å². The molecule has 0 spiro atoms. The molecule has 0 saturated carbocycles. The van der Waals surface area contributed by atoms with Gasteiger partial charge in [-0.2, -0.15) is 0 Å². The summed E-state index contributed by atoms with van der Waals surface area (Å²) in [6, 6.07) is 5.07. The molecule has 1 fully saturated rings. The van der Waals surface area contributed by atoms with Crippen molar-refractivity contribution in [3.63, 3.8) is 0 Å². The van der Waals surface area contributed by atoms with E-state index in [4.69, 9.17) is 9.47 Å². The Kier molecular flexibility index (Phi) is 5.28. The predicted molar refractivity (Wildman–Crippen MR) is 81.8 cm³/mol. The second kappa shape index (κ2) is 7.19. The van der Waals surface area contributed by atoms with Crippen LogP contribution in [0.15, 0.2) is 23.1 Å². The number of carbonyl (C=O) groups excluding carboxylic acids is 3. The zero-order valence-corrected chi connectivity index (χ0v) is 13.3. The van der Waals surface area contributed by atoms with Crippen LogP contribution in [0, 0.1) is 0 Å². The highest BCUT2D eigenvalue weighted by atomic mass is 32.2. The molecule has 1 aromatic carbocycles. The summed E-state index contributed by atoms with van der Waals surface area (Å²) in [6.45, 7) is 1.58. The van der Waals surface area contributed by atoms with E-state index in [1.165, 1.54) is 13.2 Å². The van der Waals surface area contributed by atoms with Crippen molar-refractivity contribution in [2.45, 2.75) is 6.92 Å². The van der Waals surface area contributed by atoms with E-state index in [-0.39, 0.29) is 4.91 Å². The molecule has 0 aliphatic carbocycles. The molecule has 0 bridgehead atoms. The molecule has 2 amide bonds. The van der Waals surface area contributed by atoms with Crippen LogP contribution < -0.4 is 14.6 Å². The lowest BCUT2D eigenvalue weighted by Gasteiger charge is -2.12. The van der Waals surface area contributed by atoms with Gasteiger partial charge in [0.1, 0.15) is 0 Å². The van der Waals surface area contributed by atoms with Crippen molar-refractivity contribution in [2.75, 3.05) is 20.3 Å². The van der Waals surface area contributed by atoms with E-state index >= 15 is 0 Å². The number of hydrogen-bond donors (Lipinski definition) is 0. The van der Waals surface area contributed by atoms with E-state index < -0.39 is 23.7 Å². The fourth-order valence-corrected chi connectivity index (χ4v) is 2.80. The molecule has 2 rings (SSSR count). The number of aliphatic carboxylic acids is 1. The lowest BCUT2D eigenvalue weighted by atomic mass is 10.2. The first kappa shape index (κ1) is 16.9. The first-order chi connectivity index (χ1) is 11.0. The Labute approximate surface area is 136 Å². The van der Waals surface area contributed by atoms with Crippen LogP contribution >= 0.6 is 11.8 Å². The van der Waals surface area contributed by atoms with Gasteiger partial charge in [-0.1, -0.05) is 6.07 Å². The maximum absolute atomic E-state index is 12.0. The number of rotatable bonds is 6. The highest BCUT2D eigenvalue weighted by Crippen LogP contribution is 2.34. The number of carbonyl (C=O) groups is 3. The van der Waals surface area contributed by atoms with E-state index in [0.717, 1.165) is 0 Å². The van der Waals surface area contributed by atoms with Crippen LogP contribution in [-0.2, 0) is 9.59 Å². The Bertz CT molecular complexity index is 685. The van der Waals surface area contributed by atoms with Gasteiger partial charge in [-0.3, -0.25) is 14.5 Å². The first-order valence-corrected chi connectivity index (χ1v) is 7.54. The Morgan fingerprint density at radius 2 is 2.09 bits per heavy atom. The molecule has 0 radical (unpaired) electrons. The number of amides is 2. The maximum Gasteiger partial charge on any atom is 0.293 e. The van der Waals surface area contributed by atoms with Gasteiger partial charge in [0.2, 0.25) is 0 Å². The van der Waals surface area contributed by atoms with Crippen molar-refractivity contribution in [1.82, 2.24) is 4.90 Å². The Hall–Kier alpha value is -2.48. The van der Waals surface area contributed by atoms with Gasteiger partial charge < -0.3 is 19.4 Å². The number of carboxylic acid groups (broad SMARTS) is 1. The molecule has 1 aliphatic heterocycles. The topological polar surface area (TPSA) is 96.0 Å². The number of imide groups is 1. The van der Waals surface area contributed by atoms with Gasteiger partial charge in [-0.15, -0.1) is 0 Å². The molecule has 23 heavy (non-hydrogen) atoms. The highest BCUT2D eigenvalue weighted by Gasteiger charge is 2.34. The number of carboxylic acids is 1. The molecule has 0 N–H and O–H groups in total. The largest absolute Gasteiger partial charge is 0.548 e. The van der Waals surface area contributed by atoms with E-state index in [2.05, 4.69) is 0 Å². The third-order valence-electron chi connectivity index (χ3n) is 2.95. The summed E-state index contributed by atoms with van der Waals surface area (Å²) in [6.07, 6.45) is 1.50. The molecular formula is C15H14NO6S-. The molecule has 122 valence electrons. The SMILES string of the molecule is CCOc1ccc(/C=C2/SC(=O)N(CC(=O)[O-])C2=O)cc1OC. The fraction of sp³-hybridized carbons (Fsp3) is 0.267. The van der Waals surface area contributed by atoms with Crippen molar-refractivity contribution < 1.29 is 29.0 Å². The van der Waals surface area contributed by atoms with E-state index in [1.807, 2.05) is 6.92 Å². The van der Waals surface area contributed by atoms with Crippen molar-refractivity contribution in [2.24, 2.45) is 0 Å². The second-order valence-corrected chi connectivity index (χ2v) is 5.48. The van der Waals surface area contributed by atoms with Gasteiger partial charge in [-0.05, 0) is 42.5 Å². The standard InChI is InChI=1S/C15H15NO6S/c1-3-22-10-5-4-9(6-11(10)21-2)7-12-14(19)16(8-13(17)18)15(20)23-12/h4-7H,3,8H2,1-2H3,(H,17,18)/p-1/b12-7+. The van der Waals surface area contributed by atoms with Crippen molar-refractivity contribution >= 4 is 35.0 Å². The van der Waals surface area contributed by atoms with Gasteiger partial charge in [0.25, 0.3) is 11.1 Å². The summed E-state index contributed by atoms with van der Waals surface area (Å²) in [7, 11) is 1.50. The highest BCUT2D eigenvalue weighted by molar-refractivity contribution is 8.18. The van der Waals surface area contributed by atoms with Crippen molar-refractivity contribution in [3.05, 3.63) is 28.7 Å². The van der Waals surface area contributed by atoms with E-state index in [1.54, 1.807) is 18.2 Å².